The summed E-state index contributed by atoms with van der Waals surface area (Å²) in [5, 5.41) is 2.64. The van der Waals surface area contributed by atoms with Gasteiger partial charge in [-0.25, -0.2) is 25.0 Å². The number of alkyl carbamates (subject to hydrolysis) is 1. The van der Waals surface area contributed by atoms with Crippen molar-refractivity contribution in [1.29, 1.82) is 0 Å². The molecule has 2 rings (SSSR count). The molecule has 13 heteroatoms. The van der Waals surface area contributed by atoms with E-state index < -0.39 is 47.7 Å². The molecular weight excluding hydrogens is 550 g/mol. The van der Waals surface area contributed by atoms with Gasteiger partial charge in [-0.1, -0.05) is 36.4 Å². The maximum atomic E-state index is 13.2. The average Bonchev–Trinajstić information content (AvgIpc) is 2.88. The molecule has 0 heterocycles. The van der Waals surface area contributed by atoms with E-state index in [1.54, 1.807) is 71.2 Å². The summed E-state index contributed by atoms with van der Waals surface area (Å²) < 4.78 is 26.0. The third kappa shape index (κ3) is 11.2. The molecule has 0 aliphatic carbocycles. The summed E-state index contributed by atoms with van der Waals surface area (Å²) in [6, 6.07) is 12.4. The summed E-state index contributed by atoms with van der Waals surface area (Å²) in [5.74, 6) is 0.179. The van der Waals surface area contributed by atoms with Crippen molar-refractivity contribution in [2.45, 2.75) is 72.0 Å². The molecule has 0 aliphatic heterocycles. The number of ketones is 1. The standard InChI is InChI=1S/C29H37N3O10/c1-27(2,3)41-22(33)17-38-29(7,24(35)39-26(37)32-30)40-21-10-8-9-20(15-21)23(34)19-13-11-18(12-14-19)16-31-25(36)42-28(4,5)6/h8-15H,16-17,30H2,1-7H3,(H,31,36)(H,32,37). The second-order valence-corrected chi connectivity index (χ2v) is 11.2. The summed E-state index contributed by atoms with van der Waals surface area (Å²) in [4.78, 5) is 61.5. The minimum absolute atomic E-state index is 0.00386. The van der Waals surface area contributed by atoms with Crippen molar-refractivity contribution in [3.63, 3.8) is 0 Å². The second kappa shape index (κ2) is 13.9. The average molecular weight is 588 g/mol. The molecule has 4 N–H and O–H groups in total. The highest BCUT2D eigenvalue weighted by Gasteiger charge is 2.42. The van der Waals surface area contributed by atoms with Gasteiger partial charge < -0.3 is 29.0 Å². The molecule has 0 saturated heterocycles. The van der Waals surface area contributed by atoms with Crippen molar-refractivity contribution in [3.05, 3.63) is 65.2 Å². The van der Waals surface area contributed by atoms with Crippen molar-refractivity contribution in [3.8, 4) is 5.75 Å². The summed E-state index contributed by atoms with van der Waals surface area (Å²) in [6.07, 6.45) is -1.85. The van der Waals surface area contributed by atoms with Crippen LogP contribution in [0.2, 0.25) is 0 Å². The highest BCUT2D eigenvalue weighted by atomic mass is 16.7. The van der Waals surface area contributed by atoms with Crippen LogP contribution in [0.4, 0.5) is 9.59 Å². The van der Waals surface area contributed by atoms with Crippen LogP contribution in [-0.2, 0) is 35.1 Å². The van der Waals surface area contributed by atoms with Gasteiger partial charge in [0.25, 0.3) is 0 Å². The zero-order valence-corrected chi connectivity index (χ0v) is 24.7. The van der Waals surface area contributed by atoms with Crippen molar-refractivity contribution in [2.24, 2.45) is 5.84 Å². The molecule has 0 saturated carbocycles. The quantitative estimate of drug-likeness (QED) is 0.0540. The lowest BCUT2D eigenvalue weighted by Crippen LogP contribution is -2.49. The Labute approximate surface area is 243 Å². The van der Waals surface area contributed by atoms with E-state index in [4.69, 9.17) is 24.8 Å². The number of amides is 2. The summed E-state index contributed by atoms with van der Waals surface area (Å²) >= 11 is 0. The maximum absolute atomic E-state index is 13.2. The van der Waals surface area contributed by atoms with Crippen molar-refractivity contribution in [2.75, 3.05) is 6.61 Å². The second-order valence-electron chi connectivity index (χ2n) is 11.2. The fraction of sp³-hybridized carbons (Fsp3) is 0.414. The van der Waals surface area contributed by atoms with Crippen LogP contribution in [0, 0.1) is 0 Å². The maximum Gasteiger partial charge on any atom is 0.429 e. The molecule has 0 radical (unpaired) electrons. The lowest BCUT2D eigenvalue weighted by molar-refractivity contribution is -0.211. The fourth-order valence-corrected chi connectivity index (χ4v) is 3.26. The van der Waals surface area contributed by atoms with E-state index in [0.717, 1.165) is 12.5 Å². The monoisotopic (exact) mass is 587 g/mol. The molecule has 1 atom stereocenters. The van der Waals surface area contributed by atoms with Crippen LogP contribution in [0.25, 0.3) is 0 Å². The van der Waals surface area contributed by atoms with Crippen LogP contribution < -0.4 is 21.3 Å². The Morgan fingerprint density at radius 1 is 0.786 bits per heavy atom. The van der Waals surface area contributed by atoms with Crippen LogP contribution >= 0.6 is 0 Å². The number of nitrogens with two attached hydrogens (primary N) is 1. The van der Waals surface area contributed by atoms with Gasteiger partial charge in [-0.3, -0.25) is 10.2 Å². The van der Waals surface area contributed by atoms with E-state index >= 15 is 0 Å². The number of carbonyl (C=O) groups excluding carboxylic acids is 5. The van der Waals surface area contributed by atoms with Crippen LogP contribution in [0.1, 0.15) is 70.0 Å². The highest BCUT2D eigenvalue weighted by molar-refractivity contribution is 6.09. The van der Waals surface area contributed by atoms with Gasteiger partial charge >= 0.3 is 29.9 Å². The number of carbonyl (C=O) groups is 5. The summed E-state index contributed by atoms with van der Waals surface area (Å²) in [5.41, 5.74) is 1.48. The van der Waals surface area contributed by atoms with Crippen molar-refractivity contribution < 1.29 is 47.7 Å². The number of ether oxygens (including phenoxy) is 5. The number of hydrogen-bond acceptors (Lipinski definition) is 11. The molecule has 13 nitrogen and oxygen atoms in total. The van der Waals surface area contributed by atoms with Crippen molar-refractivity contribution in [1.82, 2.24) is 10.7 Å². The van der Waals surface area contributed by atoms with Crippen LogP contribution in [0.3, 0.4) is 0 Å². The highest BCUT2D eigenvalue weighted by Crippen LogP contribution is 2.24. The van der Waals surface area contributed by atoms with E-state index in [0.29, 0.717) is 5.56 Å². The first-order valence-corrected chi connectivity index (χ1v) is 12.9. The van der Waals surface area contributed by atoms with Crippen LogP contribution in [0.5, 0.6) is 5.75 Å². The first-order valence-electron chi connectivity index (χ1n) is 12.9. The van der Waals surface area contributed by atoms with Gasteiger partial charge in [0.15, 0.2) is 5.78 Å². The molecule has 0 spiro atoms. The van der Waals surface area contributed by atoms with Gasteiger partial charge in [0.05, 0.1) is 0 Å². The lowest BCUT2D eigenvalue weighted by atomic mass is 10.0. The molecule has 2 aromatic carbocycles. The molecule has 2 amide bonds. The number of hydrogen-bond donors (Lipinski definition) is 3. The van der Waals surface area contributed by atoms with E-state index in [2.05, 4.69) is 10.1 Å². The predicted octanol–water partition coefficient (Wildman–Crippen LogP) is 3.52. The minimum Gasteiger partial charge on any atom is -0.458 e. The number of benzene rings is 2. The molecule has 228 valence electrons. The van der Waals surface area contributed by atoms with E-state index in [-0.39, 0.29) is 23.6 Å². The van der Waals surface area contributed by atoms with Gasteiger partial charge in [0.1, 0.15) is 23.6 Å². The Kier molecular flexibility index (Phi) is 11.2. The van der Waals surface area contributed by atoms with Gasteiger partial charge in [0.2, 0.25) is 0 Å². The van der Waals surface area contributed by atoms with E-state index in [9.17, 15) is 24.0 Å². The number of hydrazine groups is 1. The van der Waals surface area contributed by atoms with Crippen LogP contribution in [-0.4, -0.2) is 53.5 Å². The molecule has 0 bridgehead atoms. The Balaban J connectivity index is 2.18. The number of esters is 2. The van der Waals surface area contributed by atoms with Crippen molar-refractivity contribution >= 4 is 29.9 Å². The third-order valence-electron chi connectivity index (χ3n) is 5.02. The first-order chi connectivity index (χ1) is 19.4. The lowest BCUT2D eigenvalue weighted by Gasteiger charge is -2.28. The number of rotatable bonds is 10. The molecule has 42 heavy (non-hydrogen) atoms. The zero-order valence-electron chi connectivity index (χ0n) is 24.7. The van der Waals surface area contributed by atoms with Gasteiger partial charge in [-0.15, -0.1) is 0 Å². The summed E-state index contributed by atoms with van der Waals surface area (Å²) in [7, 11) is 0. The predicted molar refractivity (Wildman–Crippen MR) is 149 cm³/mol. The normalized spacial score (nSPS) is 12.8. The first kappa shape index (κ1) is 33.7. The molecular formula is C29H37N3O10. The molecule has 0 aromatic heterocycles. The molecule has 0 fully saturated rings. The summed E-state index contributed by atoms with van der Waals surface area (Å²) in [6.45, 7) is 10.8. The topological polar surface area (TPSA) is 182 Å². The molecule has 0 aliphatic rings. The van der Waals surface area contributed by atoms with Crippen LogP contribution in [0.15, 0.2) is 48.5 Å². The SMILES string of the molecule is CC(C)(C)OC(=O)COC(C)(Oc1cccc(C(=O)c2ccc(CNC(=O)OC(C)(C)C)cc2)c1)C(=O)OC(=O)NN. The fourth-order valence-electron chi connectivity index (χ4n) is 3.26. The molecule has 1 unspecified atom stereocenters. The Morgan fingerprint density at radius 2 is 1.40 bits per heavy atom. The third-order valence-corrected chi connectivity index (χ3v) is 5.02. The Morgan fingerprint density at radius 3 is 1.98 bits per heavy atom. The largest absolute Gasteiger partial charge is 0.458 e. The zero-order chi connectivity index (χ0) is 31.7. The van der Waals surface area contributed by atoms with E-state index in [1.165, 1.54) is 24.3 Å². The Hall–Kier alpha value is -4.49. The van der Waals surface area contributed by atoms with Gasteiger partial charge in [0, 0.05) is 24.6 Å². The minimum atomic E-state index is -2.31. The van der Waals surface area contributed by atoms with E-state index in [1.807, 2.05) is 0 Å². The van der Waals surface area contributed by atoms with Gasteiger partial charge in [-0.2, -0.15) is 0 Å². The smallest absolute Gasteiger partial charge is 0.429 e. The Bertz CT molecular complexity index is 1300. The molecule has 2 aromatic rings. The van der Waals surface area contributed by atoms with Gasteiger partial charge in [-0.05, 0) is 59.2 Å². The number of nitrogens with one attached hydrogen (secondary N) is 2.